The SMILES string of the molecule is COCCOc1cc([N+](=O)[O-])cc(S(N)(=O)=O)c1OC. The average molecular weight is 306 g/mol. The summed E-state index contributed by atoms with van der Waals surface area (Å²) in [4.78, 5) is 9.55. The number of nitrogens with zero attached hydrogens (tertiary/aromatic N) is 1. The van der Waals surface area contributed by atoms with E-state index in [0.29, 0.717) is 0 Å². The van der Waals surface area contributed by atoms with Crippen molar-refractivity contribution >= 4 is 15.7 Å². The molecule has 0 unspecified atom stereocenters. The highest BCUT2D eigenvalue weighted by Crippen LogP contribution is 2.37. The second-order valence-corrected chi connectivity index (χ2v) is 5.15. The Morgan fingerprint density at radius 2 is 1.95 bits per heavy atom. The van der Waals surface area contributed by atoms with E-state index in [0.717, 1.165) is 12.1 Å². The topological polar surface area (TPSA) is 131 Å². The Morgan fingerprint density at radius 3 is 2.40 bits per heavy atom. The van der Waals surface area contributed by atoms with Crippen molar-refractivity contribution < 1.29 is 27.6 Å². The number of ether oxygens (including phenoxy) is 3. The maximum absolute atomic E-state index is 11.5. The van der Waals surface area contributed by atoms with Crippen molar-refractivity contribution in [3.63, 3.8) is 0 Å². The van der Waals surface area contributed by atoms with Crippen molar-refractivity contribution in [3.05, 3.63) is 22.2 Å². The minimum absolute atomic E-state index is 0.0675. The molecule has 0 saturated carbocycles. The van der Waals surface area contributed by atoms with E-state index in [9.17, 15) is 18.5 Å². The van der Waals surface area contributed by atoms with Crippen LogP contribution >= 0.6 is 0 Å². The molecule has 0 atom stereocenters. The highest BCUT2D eigenvalue weighted by molar-refractivity contribution is 7.89. The van der Waals surface area contributed by atoms with Gasteiger partial charge in [-0.2, -0.15) is 0 Å². The van der Waals surface area contributed by atoms with Crippen molar-refractivity contribution in [2.24, 2.45) is 5.14 Å². The average Bonchev–Trinajstić information content (AvgIpc) is 2.36. The van der Waals surface area contributed by atoms with Gasteiger partial charge in [0.25, 0.3) is 5.69 Å². The first kappa shape index (κ1) is 16.1. The van der Waals surface area contributed by atoms with Gasteiger partial charge in [0.05, 0.1) is 24.7 Å². The first-order valence-corrected chi connectivity index (χ1v) is 6.87. The number of nitrogens with two attached hydrogens (primary N) is 1. The van der Waals surface area contributed by atoms with Crippen molar-refractivity contribution in [1.29, 1.82) is 0 Å². The van der Waals surface area contributed by atoms with Gasteiger partial charge < -0.3 is 14.2 Å². The summed E-state index contributed by atoms with van der Waals surface area (Å²) in [6.45, 7) is 0.286. The number of benzene rings is 1. The Morgan fingerprint density at radius 1 is 1.30 bits per heavy atom. The van der Waals surface area contributed by atoms with E-state index in [-0.39, 0.29) is 24.7 Å². The molecule has 10 heteroatoms. The molecule has 0 aliphatic carbocycles. The number of methoxy groups -OCH3 is 2. The summed E-state index contributed by atoms with van der Waals surface area (Å²) in [6.07, 6.45) is 0. The Kier molecular flexibility index (Phi) is 5.25. The fourth-order valence-corrected chi connectivity index (χ4v) is 2.15. The van der Waals surface area contributed by atoms with Crippen LogP contribution in [0.1, 0.15) is 0 Å². The van der Waals surface area contributed by atoms with Crippen LogP contribution in [0.25, 0.3) is 0 Å². The van der Waals surface area contributed by atoms with Gasteiger partial charge in [0.2, 0.25) is 10.0 Å². The summed E-state index contributed by atoms with van der Waals surface area (Å²) in [5.41, 5.74) is -0.470. The predicted octanol–water partition coefficient (Wildman–Crippen LogP) is 0.276. The van der Waals surface area contributed by atoms with Crippen LogP contribution in [-0.2, 0) is 14.8 Å². The van der Waals surface area contributed by atoms with Gasteiger partial charge in [0.1, 0.15) is 11.5 Å². The van der Waals surface area contributed by atoms with E-state index < -0.39 is 25.5 Å². The van der Waals surface area contributed by atoms with Crippen LogP contribution in [0, 0.1) is 10.1 Å². The summed E-state index contributed by atoms with van der Waals surface area (Å²) < 4.78 is 37.8. The van der Waals surface area contributed by atoms with Gasteiger partial charge in [0.15, 0.2) is 11.5 Å². The summed E-state index contributed by atoms with van der Waals surface area (Å²) in [5.74, 6) is -0.281. The third-order valence-corrected chi connectivity index (χ3v) is 3.19. The fraction of sp³-hybridized carbons (Fsp3) is 0.400. The van der Waals surface area contributed by atoms with Crippen LogP contribution in [0.15, 0.2) is 17.0 Å². The zero-order valence-electron chi connectivity index (χ0n) is 10.9. The Balaban J connectivity index is 3.39. The third kappa shape index (κ3) is 3.79. The largest absolute Gasteiger partial charge is 0.492 e. The Hall–Kier alpha value is -1.91. The molecule has 0 fully saturated rings. The second-order valence-electron chi connectivity index (χ2n) is 3.62. The number of nitro benzene ring substituents is 1. The Bertz CT molecular complexity index is 600. The van der Waals surface area contributed by atoms with Gasteiger partial charge in [-0.3, -0.25) is 10.1 Å². The lowest BCUT2D eigenvalue weighted by Gasteiger charge is -2.13. The molecule has 0 aliphatic heterocycles. The molecule has 0 aromatic heterocycles. The highest BCUT2D eigenvalue weighted by Gasteiger charge is 2.25. The van der Waals surface area contributed by atoms with Crippen LogP contribution in [0.2, 0.25) is 0 Å². The molecule has 0 amide bonds. The van der Waals surface area contributed by atoms with Gasteiger partial charge in [-0.25, -0.2) is 13.6 Å². The van der Waals surface area contributed by atoms with E-state index in [1.165, 1.54) is 14.2 Å². The number of nitro groups is 1. The molecular weight excluding hydrogens is 292 g/mol. The van der Waals surface area contributed by atoms with Gasteiger partial charge in [0, 0.05) is 13.2 Å². The first-order chi connectivity index (χ1) is 9.31. The van der Waals surface area contributed by atoms with E-state index in [2.05, 4.69) is 0 Å². The smallest absolute Gasteiger partial charge is 0.274 e. The van der Waals surface area contributed by atoms with Crippen LogP contribution in [0.5, 0.6) is 11.5 Å². The van der Waals surface area contributed by atoms with Crippen molar-refractivity contribution in [2.75, 3.05) is 27.4 Å². The number of hydrogen-bond donors (Lipinski definition) is 1. The van der Waals surface area contributed by atoms with Gasteiger partial charge in [-0.1, -0.05) is 0 Å². The molecule has 0 heterocycles. The lowest BCUT2D eigenvalue weighted by molar-refractivity contribution is -0.385. The molecule has 9 nitrogen and oxygen atoms in total. The van der Waals surface area contributed by atoms with Gasteiger partial charge in [-0.05, 0) is 0 Å². The number of sulfonamides is 1. The first-order valence-electron chi connectivity index (χ1n) is 5.32. The third-order valence-electron chi connectivity index (χ3n) is 2.27. The summed E-state index contributed by atoms with van der Waals surface area (Å²) >= 11 is 0. The number of rotatable bonds is 7. The number of hydrogen-bond acceptors (Lipinski definition) is 7. The molecule has 0 aliphatic rings. The Labute approximate surface area is 115 Å². The zero-order valence-corrected chi connectivity index (χ0v) is 11.7. The number of primary sulfonamides is 1. The molecule has 1 rings (SSSR count). The predicted molar refractivity (Wildman–Crippen MR) is 68.4 cm³/mol. The minimum Gasteiger partial charge on any atom is -0.492 e. The van der Waals surface area contributed by atoms with Gasteiger partial charge >= 0.3 is 0 Å². The maximum Gasteiger partial charge on any atom is 0.274 e. The van der Waals surface area contributed by atoms with Crippen LogP contribution in [-0.4, -0.2) is 40.8 Å². The van der Waals surface area contributed by atoms with Gasteiger partial charge in [-0.15, -0.1) is 0 Å². The number of non-ortho nitro benzene ring substituents is 1. The minimum atomic E-state index is -4.20. The summed E-state index contributed by atoms with van der Waals surface area (Å²) in [7, 11) is -1.54. The van der Waals surface area contributed by atoms with Crippen LogP contribution < -0.4 is 14.6 Å². The highest BCUT2D eigenvalue weighted by atomic mass is 32.2. The molecule has 0 spiro atoms. The summed E-state index contributed by atoms with van der Waals surface area (Å²) in [6, 6.07) is 1.88. The molecule has 1 aromatic rings. The quantitative estimate of drug-likeness (QED) is 0.434. The second kappa shape index (κ2) is 6.50. The normalized spacial score (nSPS) is 11.2. The van der Waals surface area contributed by atoms with Crippen molar-refractivity contribution in [3.8, 4) is 11.5 Å². The zero-order chi connectivity index (χ0) is 15.3. The molecule has 0 bridgehead atoms. The molecule has 20 heavy (non-hydrogen) atoms. The fourth-order valence-electron chi connectivity index (χ4n) is 1.42. The lowest BCUT2D eigenvalue weighted by Crippen LogP contribution is -2.15. The molecule has 112 valence electrons. The molecular formula is C10H14N2O7S. The molecule has 2 N–H and O–H groups in total. The molecule has 0 radical (unpaired) electrons. The van der Waals surface area contributed by atoms with E-state index in [1.807, 2.05) is 0 Å². The van der Waals surface area contributed by atoms with Crippen molar-refractivity contribution in [1.82, 2.24) is 0 Å². The standard InChI is InChI=1S/C10H14N2O7S/c1-17-3-4-19-8-5-7(12(13)14)6-9(10(8)18-2)20(11,15)16/h5-6H,3-4H2,1-2H3,(H2,11,15,16). The maximum atomic E-state index is 11.5. The van der Waals surface area contributed by atoms with Crippen LogP contribution in [0.4, 0.5) is 5.69 Å². The molecule has 1 aromatic carbocycles. The van der Waals surface area contributed by atoms with Crippen molar-refractivity contribution in [2.45, 2.75) is 4.90 Å². The summed E-state index contributed by atoms with van der Waals surface area (Å²) in [5, 5.41) is 15.8. The van der Waals surface area contributed by atoms with E-state index in [1.54, 1.807) is 0 Å². The van der Waals surface area contributed by atoms with E-state index >= 15 is 0 Å². The monoisotopic (exact) mass is 306 g/mol. The lowest BCUT2D eigenvalue weighted by atomic mass is 10.3. The molecule has 0 saturated heterocycles. The van der Waals surface area contributed by atoms with E-state index in [4.69, 9.17) is 19.3 Å². The van der Waals surface area contributed by atoms with Crippen LogP contribution in [0.3, 0.4) is 0 Å².